The average Bonchev–Trinajstić information content (AvgIpc) is 3.47. The van der Waals surface area contributed by atoms with Crippen molar-refractivity contribution in [1.29, 1.82) is 0 Å². The van der Waals surface area contributed by atoms with Gasteiger partial charge < -0.3 is 8.83 Å². The normalized spacial score (nSPS) is 17.8. The predicted molar refractivity (Wildman–Crippen MR) is 119 cm³/mol. The molecule has 0 N–H and O–H groups in total. The maximum atomic E-state index is 6.00. The minimum atomic E-state index is 0.393. The zero-order valence-corrected chi connectivity index (χ0v) is 17.6. The van der Waals surface area contributed by atoms with Crippen LogP contribution in [0, 0.1) is 0 Å². The summed E-state index contributed by atoms with van der Waals surface area (Å²) in [4.78, 5) is 13.8. The second kappa shape index (κ2) is 8.88. The number of piperazine rings is 1. The first-order chi connectivity index (χ1) is 15.2. The number of benzene rings is 2. The summed E-state index contributed by atoms with van der Waals surface area (Å²) in [5, 5.41) is 0. The van der Waals surface area contributed by atoms with Gasteiger partial charge in [-0.3, -0.25) is 9.80 Å². The number of nitrogens with zero attached hydrogens (tertiary/aromatic N) is 4. The largest absolute Gasteiger partial charge is 0.439 e. The van der Waals surface area contributed by atoms with Gasteiger partial charge in [-0.25, -0.2) is 9.97 Å². The monoisotopic (exact) mass is 414 g/mol. The second-order valence-electron chi connectivity index (χ2n) is 8.02. The molecule has 3 heterocycles. The molecule has 1 fully saturated rings. The van der Waals surface area contributed by atoms with Gasteiger partial charge in [0.1, 0.15) is 0 Å². The van der Waals surface area contributed by atoms with Gasteiger partial charge in [-0.1, -0.05) is 60.7 Å². The number of hydrogen-bond acceptors (Lipinski definition) is 6. The van der Waals surface area contributed by atoms with Crippen LogP contribution in [0.2, 0.25) is 0 Å². The van der Waals surface area contributed by atoms with Crippen molar-refractivity contribution in [2.24, 2.45) is 0 Å². The van der Waals surface area contributed by atoms with Gasteiger partial charge in [0.2, 0.25) is 11.8 Å². The summed E-state index contributed by atoms with van der Waals surface area (Å²) in [6, 6.07) is 20.6. The molecular weight excluding hydrogens is 388 g/mol. The first-order valence-corrected chi connectivity index (χ1v) is 10.7. The Morgan fingerprint density at radius 2 is 1.32 bits per heavy atom. The van der Waals surface area contributed by atoms with E-state index in [-0.39, 0.29) is 0 Å². The molecule has 4 aromatic rings. The highest BCUT2D eigenvalue weighted by Crippen LogP contribution is 2.23. The van der Waals surface area contributed by atoms with Crippen LogP contribution in [0.15, 0.2) is 81.9 Å². The highest BCUT2D eigenvalue weighted by Gasteiger charge is 2.26. The first kappa shape index (κ1) is 19.7. The van der Waals surface area contributed by atoms with Crippen molar-refractivity contribution >= 4 is 0 Å². The molecule has 0 aliphatic carbocycles. The Balaban J connectivity index is 1.17. The van der Waals surface area contributed by atoms with Crippen LogP contribution >= 0.6 is 0 Å². The van der Waals surface area contributed by atoms with Gasteiger partial charge in [-0.05, 0) is 6.92 Å². The zero-order chi connectivity index (χ0) is 21.0. The molecule has 1 aliphatic rings. The van der Waals surface area contributed by atoms with E-state index >= 15 is 0 Å². The SMILES string of the molecule is CC1CN(Cc2ncc(-c3ccccc3)o2)CCN1Cc1ncc(-c2ccccc2)o1. The quantitative estimate of drug-likeness (QED) is 0.456. The molecule has 31 heavy (non-hydrogen) atoms. The molecular formula is C25H26N4O2. The highest BCUT2D eigenvalue weighted by molar-refractivity contribution is 5.56. The number of oxazole rings is 2. The van der Waals surface area contributed by atoms with Gasteiger partial charge in [0.25, 0.3) is 0 Å². The van der Waals surface area contributed by atoms with Crippen molar-refractivity contribution in [3.05, 3.63) is 84.8 Å². The molecule has 6 heteroatoms. The van der Waals surface area contributed by atoms with Crippen molar-refractivity contribution < 1.29 is 8.83 Å². The molecule has 1 saturated heterocycles. The minimum Gasteiger partial charge on any atom is -0.439 e. The molecule has 0 saturated carbocycles. The van der Waals surface area contributed by atoms with Crippen LogP contribution < -0.4 is 0 Å². The second-order valence-corrected chi connectivity index (χ2v) is 8.02. The lowest BCUT2D eigenvalue weighted by Gasteiger charge is -2.38. The van der Waals surface area contributed by atoms with E-state index in [4.69, 9.17) is 8.83 Å². The van der Waals surface area contributed by atoms with Crippen LogP contribution in [0.3, 0.4) is 0 Å². The van der Waals surface area contributed by atoms with Gasteiger partial charge >= 0.3 is 0 Å². The summed E-state index contributed by atoms with van der Waals surface area (Å²) >= 11 is 0. The third kappa shape index (κ3) is 4.60. The molecule has 1 atom stereocenters. The van der Waals surface area contributed by atoms with Gasteiger partial charge in [0, 0.05) is 36.8 Å². The minimum absolute atomic E-state index is 0.393. The molecule has 2 aromatic carbocycles. The summed E-state index contributed by atoms with van der Waals surface area (Å²) in [5.41, 5.74) is 2.11. The average molecular weight is 415 g/mol. The van der Waals surface area contributed by atoms with E-state index in [1.165, 1.54) is 0 Å². The predicted octanol–water partition coefficient (Wildman–Crippen LogP) is 4.70. The van der Waals surface area contributed by atoms with Gasteiger partial charge in [-0.15, -0.1) is 0 Å². The Hall–Kier alpha value is -3.22. The van der Waals surface area contributed by atoms with Crippen LogP contribution in [0.4, 0.5) is 0 Å². The fourth-order valence-corrected chi connectivity index (χ4v) is 4.05. The van der Waals surface area contributed by atoms with Crippen molar-refractivity contribution in [2.75, 3.05) is 19.6 Å². The summed E-state index contributed by atoms with van der Waals surface area (Å²) < 4.78 is 12.0. The molecule has 1 aliphatic heterocycles. The Bertz CT molecular complexity index is 1110. The molecule has 0 bridgehead atoms. The van der Waals surface area contributed by atoms with Crippen LogP contribution in [0.25, 0.3) is 22.6 Å². The third-order valence-electron chi connectivity index (χ3n) is 5.77. The van der Waals surface area contributed by atoms with Crippen LogP contribution in [0.5, 0.6) is 0 Å². The zero-order valence-electron chi connectivity index (χ0n) is 17.6. The van der Waals surface area contributed by atoms with Crippen molar-refractivity contribution in [3.8, 4) is 22.6 Å². The molecule has 6 nitrogen and oxygen atoms in total. The Morgan fingerprint density at radius 3 is 1.87 bits per heavy atom. The van der Waals surface area contributed by atoms with Gasteiger partial charge in [-0.2, -0.15) is 0 Å². The smallest absolute Gasteiger partial charge is 0.209 e. The molecule has 5 rings (SSSR count). The summed E-state index contributed by atoms with van der Waals surface area (Å²) in [7, 11) is 0. The maximum Gasteiger partial charge on any atom is 0.209 e. The maximum absolute atomic E-state index is 6.00. The summed E-state index contributed by atoms with van der Waals surface area (Å²) in [5.74, 6) is 3.17. The molecule has 0 amide bonds. The van der Waals surface area contributed by atoms with E-state index in [2.05, 4.69) is 26.7 Å². The van der Waals surface area contributed by atoms with Crippen molar-refractivity contribution in [3.63, 3.8) is 0 Å². The molecule has 2 aromatic heterocycles. The van der Waals surface area contributed by atoms with E-state index < -0.39 is 0 Å². The Kier molecular flexibility index (Phi) is 5.65. The summed E-state index contributed by atoms with van der Waals surface area (Å²) in [6.07, 6.45) is 3.63. The molecule has 0 spiro atoms. The molecule has 158 valence electrons. The van der Waals surface area contributed by atoms with Gasteiger partial charge in [0.15, 0.2) is 11.5 Å². The Morgan fingerprint density at radius 1 is 0.774 bits per heavy atom. The van der Waals surface area contributed by atoms with Gasteiger partial charge in [0.05, 0.1) is 25.5 Å². The van der Waals surface area contributed by atoms with Crippen LogP contribution in [-0.4, -0.2) is 45.4 Å². The van der Waals surface area contributed by atoms with Crippen LogP contribution in [0.1, 0.15) is 18.7 Å². The standard InChI is InChI=1S/C25H26N4O2/c1-19-16-28(17-24-26-14-22(30-24)20-8-4-2-5-9-20)12-13-29(19)18-25-27-15-23(31-25)21-10-6-3-7-11-21/h2-11,14-15,19H,12-13,16-18H2,1H3. The lowest BCUT2D eigenvalue weighted by atomic mass is 10.2. The third-order valence-corrected chi connectivity index (χ3v) is 5.77. The number of rotatable bonds is 6. The number of aromatic nitrogens is 2. The fourth-order valence-electron chi connectivity index (χ4n) is 4.05. The lowest BCUT2D eigenvalue weighted by Crippen LogP contribution is -2.50. The topological polar surface area (TPSA) is 58.5 Å². The lowest BCUT2D eigenvalue weighted by molar-refractivity contribution is 0.0624. The Labute approximate surface area is 182 Å². The van der Waals surface area contributed by atoms with E-state index in [9.17, 15) is 0 Å². The van der Waals surface area contributed by atoms with E-state index in [0.29, 0.717) is 6.04 Å². The molecule has 0 radical (unpaired) electrons. The van der Waals surface area contributed by atoms with Crippen LogP contribution in [-0.2, 0) is 13.1 Å². The summed E-state index contributed by atoms with van der Waals surface area (Å²) in [6.45, 7) is 6.56. The van der Waals surface area contributed by atoms with Crippen molar-refractivity contribution in [2.45, 2.75) is 26.1 Å². The van der Waals surface area contributed by atoms with Crippen molar-refractivity contribution in [1.82, 2.24) is 19.8 Å². The van der Waals surface area contributed by atoms with E-state index in [1.54, 1.807) is 0 Å². The van der Waals surface area contributed by atoms with E-state index in [1.807, 2.05) is 73.1 Å². The highest BCUT2D eigenvalue weighted by atomic mass is 16.4. The molecule has 1 unspecified atom stereocenters. The fraction of sp³-hybridized carbons (Fsp3) is 0.280. The van der Waals surface area contributed by atoms with E-state index in [0.717, 1.165) is 67.2 Å². The first-order valence-electron chi connectivity index (χ1n) is 10.7. The number of hydrogen-bond donors (Lipinski definition) is 0.